The standard InChI is InChI=1S/C32H32N4O3S/c1-22(2)20-33-21-23-13-15-25(16-14-23)34-31(24-9-5-3-6-10-24)30-28-19-27(17-18-29(28)35-32(30)37)40(38,39)36-26-11-7-4-8-12-26/h3-19,22,33,35-37H,20-21H2,1-2H3. The predicted octanol–water partition coefficient (Wildman–Crippen LogP) is 6.59. The lowest BCUT2D eigenvalue weighted by atomic mass is 10.0. The van der Waals surface area contributed by atoms with Gasteiger partial charge in [-0.2, -0.15) is 0 Å². The van der Waals surface area contributed by atoms with Crippen LogP contribution in [0.1, 0.15) is 30.5 Å². The van der Waals surface area contributed by atoms with Crippen LogP contribution in [0.3, 0.4) is 0 Å². The molecule has 1 heterocycles. The zero-order chi connectivity index (χ0) is 28.1. The van der Waals surface area contributed by atoms with Crippen molar-refractivity contribution in [3.63, 3.8) is 0 Å². The van der Waals surface area contributed by atoms with Crippen LogP contribution in [0.4, 0.5) is 11.4 Å². The van der Waals surface area contributed by atoms with Gasteiger partial charge in [-0.3, -0.25) is 4.72 Å². The summed E-state index contributed by atoms with van der Waals surface area (Å²) in [4.78, 5) is 8.01. The fraction of sp³-hybridized carbons (Fsp3) is 0.156. The molecule has 0 atom stereocenters. The van der Waals surface area contributed by atoms with E-state index in [0.29, 0.717) is 33.8 Å². The monoisotopic (exact) mass is 552 g/mol. The Morgan fingerprint density at radius 1 is 0.900 bits per heavy atom. The van der Waals surface area contributed by atoms with Crippen molar-refractivity contribution in [3.8, 4) is 5.88 Å². The number of aromatic nitrogens is 1. The van der Waals surface area contributed by atoms with Gasteiger partial charge in [0, 0.05) is 28.7 Å². The lowest BCUT2D eigenvalue weighted by molar-refractivity contribution is 0.457. The maximum absolute atomic E-state index is 13.2. The van der Waals surface area contributed by atoms with Crippen molar-refractivity contribution in [1.82, 2.24) is 10.3 Å². The number of aromatic amines is 1. The highest BCUT2D eigenvalue weighted by atomic mass is 32.2. The molecule has 7 nitrogen and oxygen atoms in total. The van der Waals surface area contributed by atoms with Crippen molar-refractivity contribution in [2.24, 2.45) is 10.9 Å². The van der Waals surface area contributed by atoms with E-state index in [4.69, 9.17) is 4.99 Å². The third-order valence-corrected chi connectivity index (χ3v) is 7.81. The van der Waals surface area contributed by atoms with Crippen molar-refractivity contribution >= 4 is 38.0 Å². The number of hydrogen-bond acceptors (Lipinski definition) is 5. The number of nitrogens with zero attached hydrogens (tertiary/aromatic N) is 1. The van der Waals surface area contributed by atoms with Gasteiger partial charge in [0.05, 0.1) is 21.9 Å². The first-order chi connectivity index (χ1) is 19.3. The maximum Gasteiger partial charge on any atom is 0.261 e. The van der Waals surface area contributed by atoms with Crippen LogP contribution < -0.4 is 10.0 Å². The van der Waals surface area contributed by atoms with Crippen LogP contribution in [0, 0.1) is 5.92 Å². The van der Waals surface area contributed by atoms with Crippen LogP contribution in [0.2, 0.25) is 0 Å². The molecule has 0 amide bonds. The number of nitrogens with one attached hydrogen (secondary N) is 3. The average Bonchev–Trinajstić information content (AvgIpc) is 3.28. The van der Waals surface area contributed by atoms with Gasteiger partial charge in [-0.15, -0.1) is 0 Å². The predicted molar refractivity (Wildman–Crippen MR) is 162 cm³/mol. The molecule has 8 heteroatoms. The number of aromatic hydroxyl groups is 1. The van der Waals surface area contributed by atoms with Crippen LogP contribution in [-0.2, 0) is 16.6 Å². The Bertz CT molecular complexity index is 1730. The van der Waals surface area contributed by atoms with Crippen LogP contribution in [-0.4, -0.2) is 30.8 Å². The smallest absolute Gasteiger partial charge is 0.261 e. The molecule has 0 fully saturated rings. The molecule has 204 valence electrons. The van der Waals surface area contributed by atoms with E-state index in [9.17, 15) is 13.5 Å². The highest BCUT2D eigenvalue weighted by Crippen LogP contribution is 2.33. The van der Waals surface area contributed by atoms with E-state index in [2.05, 4.69) is 28.9 Å². The van der Waals surface area contributed by atoms with Gasteiger partial charge < -0.3 is 15.4 Å². The van der Waals surface area contributed by atoms with Gasteiger partial charge in [0.25, 0.3) is 10.0 Å². The maximum atomic E-state index is 13.2. The van der Waals surface area contributed by atoms with E-state index in [1.54, 1.807) is 36.4 Å². The minimum atomic E-state index is -3.87. The molecule has 0 saturated carbocycles. The zero-order valence-electron chi connectivity index (χ0n) is 22.4. The van der Waals surface area contributed by atoms with Crippen LogP contribution >= 0.6 is 0 Å². The summed E-state index contributed by atoms with van der Waals surface area (Å²) in [5.41, 5.74) is 4.68. The first-order valence-electron chi connectivity index (χ1n) is 13.2. The highest BCUT2D eigenvalue weighted by molar-refractivity contribution is 7.92. The Morgan fingerprint density at radius 2 is 1.57 bits per heavy atom. The molecule has 40 heavy (non-hydrogen) atoms. The van der Waals surface area contributed by atoms with E-state index >= 15 is 0 Å². The second-order valence-corrected chi connectivity index (χ2v) is 11.7. The Balaban J connectivity index is 1.56. The van der Waals surface area contributed by atoms with E-state index in [1.165, 1.54) is 6.07 Å². The van der Waals surface area contributed by atoms with Crippen molar-refractivity contribution in [2.75, 3.05) is 11.3 Å². The third-order valence-electron chi connectivity index (χ3n) is 6.43. The number of fused-ring (bicyclic) bond motifs is 1. The molecule has 0 saturated heterocycles. The lowest BCUT2D eigenvalue weighted by Crippen LogP contribution is -2.18. The van der Waals surface area contributed by atoms with E-state index in [1.807, 2.05) is 60.7 Å². The third kappa shape index (κ3) is 6.25. The molecule has 0 spiro atoms. The Hall–Kier alpha value is -4.40. The topological polar surface area (TPSA) is 107 Å². The Morgan fingerprint density at radius 3 is 2.25 bits per heavy atom. The summed E-state index contributed by atoms with van der Waals surface area (Å²) in [5, 5.41) is 15.0. The van der Waals surface area contributed by atoms with Gasteiger partial charge >= 0.3 is 0 Å². The summed E-state index contributed by atoms with van der Waals surface area (Å²) in [5.74, 6) is 0.489. The number of benzene rings is 4. The minimum absolute atomic E-state index is 0.0785. The number of sulfonamides is 1. The highest BCUT2D eigenvalue weighted by Gasteiger charge is 2.22. The summed E-state index contributed by atoms with van der Waals surface area (Å²) in [6.07, 6.45) is 0. The van der Waals surface area contributed by atoms with Crippen LogP contribution in [0.5, 0.6) is 5.88 Å². The summed E-state index contributed by atoms with van der Waals surface area (Å²) >= 11 is 0. The lowest BCUT2D eigenvalue weighted by Gasteiger charge is -2.10. The van der Waals surface area contributed by atoms with Gasteiger partial charge in [0.15, 0.2) is 5.88 Å². The second-order valence-electron chi connectivity index (χ2n) is 10.0. The van der Waals surface area contributed by atoms with Gasteiger partial charge in [-0.05, 0) is 60.5 Å². The molecule has 5 rings (SSSR count). The first kappa shape index (κ1) is 27.2. The van der Waals surface area contributed by atoms with E-state index in [0.717, 1.165) is 29.9 Å². The number of hydrogen-bond donors (Lipinski definition) is 4. The normalized spacial score (nSPS) is 12.2. The molecule has 5 aromatic rings. The molecule has 0 aliphatic heterocycles. The van der Waals surface area contributed by atoms with Gasteiger partial charge in [-0.1, -0.05) is 74.5 Å². The summed E-state index contributed by atoms with van der Waals surface area (Å²) in [6, 6.07) is 31.0. The second kappa shape index (κ2) is 11.8. The molecular weight excluding hydrogens is 520 g/mol. The largest absolute Gasteiger partial charge is 0.494 e. The minimum Gasteiger partial charge on any atom is -0.494 e. The number of aliphatic imine (C=N–C) groups is 1. The number of para-hydroxylation sites is 1. The molecule has 0 aliphatic rings. The Labute approximate surface area is 234 Å². The molecule has 0 bridgehead atoms. The average molecular weight is 553 g/mol. The molecule has 0 radical (unpaired) electrons. The summed E-state index contributed by atoms with van der Waals surface area (Å²) < 4.78 is 29.1. The number of rotatable bonds is 10. The summed E-state index contributed by atoms with van der Waals surface area (Å²) in [7, 11) is -3.87. The van der Waals surface area contributed by atoms with E-state index in [-0.39, 0.29) is 10.8 Å². The van der Waals surface area contributed by atoms with Crippen LogP contribution in [0.15, 0.2) is 113 Å². The van der Waals surface area contributed by atoms with Gasteiger partial charge in [0.2, 0.25) is 0 Å². The quantitative estimate of drug-likeness (QED) is 0.147. The molecule has 4 N–H and O–H groups in total. The van der Waals surface area contributed by atoms with Gasteiger partial charge in [0.1, 0.15) is 0 Å². The van der Waals surface area contributed by atoms with Crippen LogP contribution in [0.25, 0.3) is 10.9 Å². The zero-order valence-corrected chi connectivity index (χ0v) is 23.2. The summed E-state index contributed by atoms with van der Waals surface area (Å²) in [6.45, 7) is 6.06. The Kier molecular flexibility index (Phi) is 8.00. The fourth-order valence-electron chi connectivity index (χ4n) is 4.47. The van der Waals surface area contributed by atoms with E-state index < -0.39 is 10.0 Å². The van der Waals surface area contributed by atoms with Gasteiger partial charge in [-0.25, -0.2) is 13.4 Å². The first-order valence-corrected chi connectivity index (χ1v) is 14.6. The van der Waals surface area contributed by atoms with Crippen molar-refractivity contribution in [1.29, 1.82) is 0 Å². The molecule has 0 unspecified atom stereocenters. The number of anilines is 1. The number of H-pyrrole nitrogens is 1. The SMILES string of the molecule is CC(C)CNCc1ccc(N=C(c2ccccc2)c2c(O)[nH]c3ccc(S(=O)(=O)Nc4ccccc4)cc23)cc1. The molecule has 0 aliphatic carbocycles. The molecule has 4 aromatic carbocycles. The van der Waals surface area contributed by atoms with Crippen molar-refractivity contribution < 1.29 is 13.5 Å². The van der Waals surface area contributed by atoms with Crippen molar-refractivity contribution in [3.05, 3.63) is 120 Å². The fourth-order valence-corrected chi connectivity index (χ4v) is 5.55. The molecule has 1 aromatic heterocycles. The molecular formula is C32H32N4O3S. The van der Waals surface area contributed by atoms with Crippen molar-refractivity contribution in [2.45, 2.75) is 25.3 Å².